The molecular weight excluding hydrogens is 364 g/mol. The van der Waals surface area contributed by atoms with Crippen LogP contribution in [0.4, 0.5) is 5.13 Å². The summed E-state index contributed by atoms with van der Waals surface area (Å²) in [6.07, 6.45) is 8.16. The molecule has 0 unspecified atom stereocenters. The average Bonchev–Trinajstić information content (AvgIpc) is 3.30. The van der Waals surface area contributed by atoms with Crippen LogP contribution in [-0.2, 0) is 16.1 Å². The SMILES string of the molecule is CCOC(=O)/C=C/c1csc(NC(=O)c2cccn2Cc2ccncc2)n1. The molecule has 0 aliphatic heterocycles. The van der Waals surface area contributed by atoms with Crippen LogP contribution < -0.4 is 5.32 Å². The Morgan fingerprint density at radius 1 is 1.30 bits per heavy atom. The molecule has 3 heterocycles. The summed E-state index contributed by atoms with van der Waals surface area (Å²) in [5, 5.41) is 5.00. The third kappa shape index (κ3) is 5.11. The van der Waals surface area contributed by atoms with Gasteiger partial charge in [0.2, 0.25) is 0 Å². The van der Waals surface area contributed by atoms with E-state index in [9.17, 15) is 9.59 Å². The molecule has 3 aromatic heterocycles. The van der Waals surface area contributed by atoms with Crippen LogP contribution in [0.1, 0.15) is 28.7 Å². The molecule has 0 aromatic carbocycles. The van der Waals surface area contributed by atoms with Gasteiger partial charge in [0.05, 0.1) is 12.3 Å². The number of ether oxygens (including phenoxy) is 1. The van der Waals surface area contributed by atoms with E-state index in [-0.39, 0.29) is 5.91 Å². The van der Waals surface area contributed by atoms with Gasteiger partial charge in [0, 0.05) is 36.6 Å². The Labute approximate surface area is 160 Å². The average molecular weight is 382 g/mol. The van der Waals surface area contributed by atoms with Crippen molar-refractivity contribution in [1.29, 1.82) is 0 Å². The molecule has 1 N–H and O–H groups in total. The number of esters is 1. The molecule has 7 nitrogen and oxygen atoms in total. The lowest BCUT2D eigenvalue weighted by Crippen LogP contribution is -2.17. The normalized spacial score (nSPS) is 10.9. The first-order valence-corrected chi connectivity index (χ1v) is 9.19. The number of rotatable bonds is 7. The van der Waals surface area contributed by atoms with Gasteiger partial charge in [-0.25, -0.2) is 9.78 Å². The Morgan fingerprint density at radius 3 is 2.89 bits per heavy atom. The van der Waals surface area contributed by atoms with Crippen molar-refractivity contribution in [3.05, 3.63) is 71.3 Å². The summed E-state index contributed by atoms with van der Waals surface area (Å²) in [6.45, 7) is 2.64. The number of carbonyl (C=O) groups is 2. The van der Waals surface area contributed by atoms with Gasteiger partial charge in [0.25, 0.3) is 5.91 Å². The minimum Gasteiger partial charge on any atom is -0.463 e. The smallest absolute Gasteiger partial charge is 0.330 e. The molecular formula is C19H18N4O3S. The van der Waals surface area contributed by atoms with Gasteiger partial charge in [-0.1, -0.05) is 0 Å². The lowest BCUT2D eigenvalue weighted by Gasteiger charge is -2.08. The second-order valence-corrected chi connectivity index (χ2v) is 6.35. The fourth-order valence-electron chi connectivity index (χ4n) is 2.37. The summed E-state index contributed by atoms with van der Waals surface area (Å²) in [5.41, 5.74) is 2.16. The molecule has 0 aliphatic carbocycles. The van der Waals surface area contributed by atoms with E-state index in [2.05, 4.69) is 15.3 Å². The van der Waals surface area contributed by atoms with Crippen LogP contribution in [0.25, 0.3) is 6.08 Å². The van der Waals surface area contributed by atoms with E-state index in [4.69, 9.17) is 4.74 Å². The zero-order chi connectivity index (χ0) is 19.1. The Kier molecular flexibility index (Phi) is 6.11. The van der Waals surface area contributed by atoms with Crippen LogP contribution in [0.15, 0.2) is 54.3 Å². The number of aromatic nitrogens is 3. The van der Waals surface area contributed by atoms with Gasteiger partial charge in [-0.15, -0.1) is 11.3 Å². The quantitative estimate of drug-likeness (QED) is 0.501. The molecule has 138 valence electrons. The fourth-order valence-corrected chi connectivity index (χ4v) is 3.04. The van der Waals surface area contributed by atoms with E-state index in [1.54, 1.807) is 36.8 Å². The molecule has 27 heavy (non-hydrogen) atoms. The minimum atomic E-state index is -0.426. The van der Waals surface area contributed by atoms with Gasteiger partial charge in [0.15, 0.2) is 5.13 Å². The third-order valence-corrected chi connectivity index (χ3v) is 4.36. The van der Waals surface area contributed by atoms with Gasteiger partial charge >= 0.3 is 5.97 Å². The number of anilines is 1. The zero-order valence-corrected chi connectivity index (χ0v) is 15.5. The molecule has 0 saturated heterocycles. The monoisotopic (exact) mass is 382 g/mol. The highest BCUT2D eigenvalue weighted by molar-refractivity contribution is 7.14. The van der Waals surface area contributed by atoms with Gasteiger partial charge in [-0.3, -0.25) is 15.1 Å². The Hall–Kier alpha value is -3.26. The number of nitrogens with one attached hydrogen (secondary N) is 1. The van der Waals surface area contributed by atoms with Crippen molar-refractivity contribution in [2.75, 3.05) is 11.9 Å². The number of pyridine rings is 1. The van der Waals surface area contributed by atoms with E-state index in [0.29, 0.717) is 29.7 Å². The second-order valence-electron chi connectivity index (χ2n) is 5.49. The molecule has 0 fully saturated rings. The first-order chi connectivity index (χ1) is 13.2. The van der Waals surface area contributed by atoms with E-state index < -0.39 is 5.97 Å². The molecule has 8 heteroatoms. The topological polar surface area (TPSA) is 86.1 Å². The van der Waals surface area contributed by atoms with Crippen molar-refractivity contribution in [3.8, 4) is 0 Å². The van der Waals surface area contributed by atoms with Crippen molar-refractivity contribution in [2.24, 2.45) is 0 Å². The lowest BCUT2D eigenvalue weighted by molar-refractivity contribution is -0.137. The largest absolute Gasteiger partial charge is 0.463 e. The number of carbonyl (C=O) groups excluding carboxylic acids is 2. The maximum absolute atomic E-state index is 12.6. The summed E-state index contributed by atoms with van der Waals surface area (Å²) < 4.78 is 6.68. The molecule has 0 aliphatic rings. The maximum Gasteiger partial charge on any atom is 0.330 e. The summed E-state index contributed by atoms with van der Waals surface area (Å²) >= 11 is 1.29. The number of hydrogen-bond donors (Lipinski definition) is 1. The van der Waals surface area contributed by atoms with Crippen LogP contribution in [0.2, 0.25) is 0 Å². The molecule has 0 bridgehead atoms. The first kappa shape index (κ1) is 18.5. The predicted molar refractivity (Wildman–Crippen MR) is 104 cm³/mol. The highest BCUT2D eigenvalue weighted by atomic mass is 32.1. The van der Waals surface area contributed by atoms with Crippen LogP contribution in [0.3, 0.4) is 0 Å². The number of amides is 1. The van der Waals surface area contributed by atoms with Crippen molar-refractivity contribution in [2.45, 2.75) is 13.5 Å². The molecule has 3 rings (SSSR count). The minimum absolute atomic E-state index is 0.246. The molecule has 0 saturated carbocycles. The maximum atomic E-state index is 12.6. The van der Waals surface area contributed by atoms with Gasteiger partial charge < -0.3 is 9.30 Å². The highest BCUT2D eigenvalue weighted by Gasteiger charge is 2.13. The van der Waals surface area contributed by atoms with Gasteiger partial charge in [-0.2, -0.15) is 0 Å². The van der Waals surface area contributed by atoms with Crippen molar-refractivity contribution in [1.82, 2.24) is 14.5 Å². The third-order valence-electron chi connectivity index (χ3n) is 3.58. The van der Waals surface area contributed by atoms with Gasteiger partial charge in [0.1, 0.15) is 5.69 Å². The van der Waals surface area contributed by atoms with Crippen molar-refractivity contribution in [3.63, 3.8) is 0 Å². The standard InChI is InChI=1S/C19H18N4O3S/c1-2-26-17(24)6-5-15-13-27-19(21-15)22-18(25)16-4-3-11-23(16)12-14-7-9-20-10-8-14/h3-11,13H,2,12H2,1H3,(H,21,22,25)/b6-5+. The van der Waals surface area contributed by atoms with E-state index in [1.807, 2.05) is 29.0 Å². The van der Waals surface area contributed by atoms with E-state index in [1.165, 1.54) is 17.4 Å². The summed E-state index contributed by atoms with van der Waals surface area (Å²) in [7, 11) is 0. The molecule has 0 spiro atoms. The van der Waals surface area contributed by atoms with Crippen LogP contribution in [0, 0.1) is 0 Å². The first-order valence-electron chi connectivity index (χ1n) is 8.31. The Balaban J connectivity index is 1.65. The molecule has 0 atom stereocenters. The van der Waals surface area contributed by atoms with Crippen molar-refractivity contribution >= 4 is 34.4 Å². The molecule has 3 aromatic rings. The van der Waals surface area contributed by atoms with E-state index in [0.717, 1.165) is 5.56 Å². The molecule has 1 amide bonds. The van der Waals surface area contributed by atoms with Crippen molar-refractivity contribution < 1.29 is 14.3 Å². The summed E-state index contributed by atoms with van der Waals surface area (Å²) in [6, 6.07) is 7.40. The lowest BCUT2D eigenvalue weighted by atomic mass is 10.2. The Bertz CT molecular complexity index is 947. The highest BCUT2D eigenvalue weighted by Crippen LogP contribution is 2.18. The van der Waals surface area contributed by atoms with Crippen LogP contribution in [0.5, 0.6) is 0 Å². The van der Waals surface area contributed by atoms with E-state index >= 15 is 0 Å². The number of nitrogens with zero attached hydrogens (tertiary/aromatic N) is 3. The number of thiazole rings is 1. The predicted octanol–water partition coefficient (Wildman–Crippen LogP) is 3.22. The zero-order valence-electron chi connectivity index (χ0n) is 14.7. The summed E-state index contributed by atoms with van der Waals surface area (Å²) in [5.74, 6) is -0.672. The number of hydrogen-bond acceptors (Lipinski definition) is 6. The van der Waals surface area contributed by atoms with Crippen LogP contribution in [-0.4, -0.2) is 33.0 Å². The van der Waals surface area contributed by atoms with Crippen LogP contribution >= 0.6 is 11.3 Å². The fraction of sp³-hybridized carbons (Fsp3) is 0.158. The molecule has 0 radical (unpaired) electrons. The van der Waals surface area contributed by atoms with Gasteiger partial charge in [-0.05, 0) is 42.8 Å². The second kappa shape index (κ2) is 8.91. The summed E-state index contributed by atoms with van der Waals surface area (Å²) in [4.78, 5) is 32.2. The Morgan fingerprint density at radius 2 is 2.11 bits per heavy atom.